The molecule has 0 rings (SSSR count). The lowest BCUT2D eigenvalue weighted by atomic mass is 10.2. The second-order valence-corrected chi connectivity index (χ2v) is 2.76. The molecule has 0 radical (unpaired) electrons. The van der Waals surface area contributed by atoms with Gasteiger partial charge >= 0.3 is 0 Å². The van der Waals surface area contributed by atoms with Gasteiger partial charge < -0.3 is 0 Å². The van der Waals surface area contributed by atoms with E-state index in [4.69, 9.17) is 0 Å². The third-order valence-corrected chi connectivity index (χ3v) is 1.63. The minimum Gasteiger partial charge on any atom is -0.0917 e. The number of hydrogen-bond donors (Lipinski definition) is 0. The van der Waals surface area contributed by atoms with Crippen LogP contribution in [0.2, 0.25) is 0 Å². The van der Waals surface area contributed by atoms with Crippen LogP contribution in [0.3, 0.4) is 0 Å². The maximum absolute atomic E-state index is 2.30. The van der Waals surface area contributed by atoms with Crippen LogP contribution >= 0.6 is 0 Å². The number of hydrogen-bond acceptors (Lipinski definition) is 0. The molecule has 0 aromatic heterocycles. The van der Waals surface area contributed by atoms with Crippen LogP contribution in [-0.2, 0) is 0 Å². The van der Waals surface area contributed by atoms with Crippen molar-refractivity contribution in [2.24, 2.45) is 0 Å². The van der Waals surface area contributed by atoms with E-state index in [9.17, 15) is 0 Å². The average Bonchev–Trinajstić information content (AvgIpc) is 2.03. The quantitative estimate of drug-likeness (QED) is 0.397. The first-order valence-corrected chi connectivity index (χ1v) is 4.68. The molecule has 0 nitrogen and oxygen atoms in total. The third-order valence-electron chi connectivity index (χ3n) is 1.63. The largest absolute Gasteiger partial charge is 0.0917 e. The van der Waals surface area contributed by atoms with E-state index in [2.05, 4.69) is 38.2 Å². The summed E-state index contributed by atoms with van der Waals surface area (Å²) in [5.41, 5.74) is 0. The molecule has 0 atom stereocenters. The summed E-state index contributed by atoms with van der Waals surface area (Å²) in [6.07, 6.45) is 15.2. The van der Waals surface area contributed by atoms with E-state index in [1.165, 1.54) is 32.1 Å². The van der Waals surface area contributed by atoms with Crippen LogP contribution in [-0.4, -0.2) is 0 Å². The lowest BCUT2D eigenvalue weighted by Crippen LogP contribution is -1.68. The summed E-state index contributed by atoms with van der Waals surface area (Å²) in [5.74, 6) is 0. The Morgan fingerprint density at radius 3 is 2.18 bits per heavy atom. The van der Waals surface area contributed by atoms with Gasteiger partial charge in [-0.3, -0.25) is 0 Å². The smallest absolute Gasteiger partial charge is 0.0316 e. The van der Waals surface area contributed by atoms with Crippen molar-refractivity contribution >= 4 is 0 Å². The molecular formula is C11H20. The summed E-state index contributed by atoms with van der Waals surface area (Å²) in [6, 6.07) is 0. The molecule has 0 aromatic carbocycles. The van der Waals surface area contributed by atoms with Crippen LogP contribution in [0.4, 0.5) is 0 Å². The standard InChI is InChI=1S/C11H20/c1-3-5-7-9-11-10-8-6-4-2/h3,5,10-11H,4,6-9H2,1-2H3. The van der Waals surface area contributed by atoms with Crippen LogP contribution in [0.25, 0.3) is 0 Å². The third kappa shape index (κ3) is 9.48. The molecule has 0 aliphatic rings. The van der Waals surface area contributed by atoms with Crippen molar-refractivity contribution in [3.05, 3.63) is 24.3 Å². The van der Waals surface area contributed by atoms with Crippen LogP contribution < -0.4 is 0 Å². The van der Waals surface area contributed by atoms with Crippen molar-refractivity contribution in [2.75, 3.05) is 0 Å². The zero-order chi connectivity index (χ0) is 8.36. The fourth-order valence-corrected chi connectivity index (χ4v) is 0.917. The van der Waals surface area contributed by atoms with E-state index < -0.39 is 0 Å². The van der Waals surface area contributed by atoms with Gasteiger partial charge in [-0.1, -0.05) is 44.1 Å². The molecule has 0 saturated heterocycles. The predicted molar refractivity (Wildman–Crippen MR) is 52.7 cm³/mol. The SMILES string of the molecule is CC=CCCC=CCCCC. The summed E-state index contributed by atoms with van der Waals surface area (Å²) in [7, 11) is 0. The van der Waals surface area contributed by atoms with Gasteiger partial charge in [0.05, 0.1) is 0 Å². The Balaban J connectivity index is 3.03. The van der Waals surface area contributed by atoms with E-state index >= 15 is 0 Å². The molecule has 0 amide bonds. The Labute approximate surface area is 71.0 Å². The van der Waals surface area contributed by atoms with Crippen LogP contribution in [0.15, 0.2) is 24.3 Å². The molecular weight excluding hydrogens is 132 g/mol. The highest BCUT2D eigenvalue weighted by atomic mass is 13.8. The Bertz CT molecular complexity index is 109. The maximum Gasteiger partial charge on any atom is -0.0316 e. The van der Waals surface area contributed by atoms with Gasteiger partial charge in [-0.2, -0.15) is 0 Å². The normalized spacial score (nSPS) is 11.8. The van der Waals surface area contributed by atoms with Gasteiger partial charge in [-0.25, -0.2) is 0 Å². The Morgan fingerprint density at radius 1 is 0.909 bits per heavy atom. The van der Waals surface area contributed by atoms with Crippen LogP contribution in [0, 0.1) is 0 Å². The summed E-state index contributed by atoms with van der Waals surface area (Å²) in [5, 5.41) is 0. The van der Waals surface area contributed by atoms with Crippen molar-refractivity contribution in [3.63, 3.8) is 0 Å². The van der Waals surface area contributed by atoms with Gasteiger partial charge in [-0.05, 0) is 26.2 Å². The lowest BCUT2D eigenvalue weighted by Gasteiger charge is -1.88. The monoisotopic (exact) mass is 152 g/mol. The van der Waals surface area contributed by atoms with Gasteiger partial charge in [0.2, 0.25) is 0 Å². The molecule has 0 aliphatic heterocycles. The summed E-state index contributed by atoms with van der Waals surface area (Å²) in [6.45, 7) is 4.30. The number of unbranched alkanes of at least 4 members (excludes halogenated alkanes) is 3. The van der Waals surface area contributed by atoms with Gasteiger partial charge in [0, 0.05) is 0 Å². The van der Waals surface area contributed by atoms with Gasteiger partial charge in [0.25, 0.3) is 0 Å². The Kier molecular flexibility index (Phi) is 9.03. The number of rotatable bonds is 6. The molecule has 0 aromatic rings. The van der Waals surface area contributed by atoms with Gasteiger partial charge in [0.15, 0.2) is 0 Å². The highest BCUT2D eigenvalue weighted by molar-refractivity contribution is 4.86. The van der Waals surface area contributed by atoms with E-state index in [0.717, 1.165) is 0 Å². The summed E-state index contributed by atoms with van der Waals surface area (Å²) < 4.78 is 0. The van der Waals surface area contributed by atoms with Gasteiger partial charge in [-0.15, -0.1) is 0 Å². The van der Waals surface area contributed by atoms with Gasteiger partial charge in [0.1, 0.15) is 0 Å². The minimum atomic E-state index is 1.19. The maximum atomic E-state index is 2.30. The van der Waals surface area contributed by atoms with Crippen molar-refractivity contribution in [2.45, 2.75) is 46.0 Å². The average molecular weight is 152 g/mol. The topological polar surface area (TPSA) is 0 Å². The summed E-state index contributed by atoms with van der Waals surface area (Å²) in [4.78, 5) is 0. The van der Waals surface area contributed by atoms with Crippen molar-refractivity contribution in [3.8, 4) is 0 Å². The van der Waals surface area contributed by atoms with E-state index in [1.54, 1.807) is 0 Å². The zero-order valence-corrected chi connectivity index (χ0v) is 7.84. The van der Waals surface area contributed by atoms with Crippen molar-refractivity contribution in [1.82, 2.24) is 0 Å². The molecule has 0 spiro atoms. The Morgan fingerprint density at radius 2 is 1.55 bits per heavy atom. The van der Waals surface area contributed by atoms with E-state index in [1.807, 2.05) is 0 Å². The van der Waals surface area contributed by atoms with Crippen LogP contribution in [0.1, 0.15) is 46.0 Å². The summed E-state index contributed by atoms with van der Waals surface area (Å²) >= 11 is 0. The molecule has 0 heteroatoms. The van der Waals surface area contributed by atoms with Crippen molar-refractivity contribution in [1.29, 1.82) is 0 Å². The highest BCUT2D eigenvalue weighted by Crippen LogP contribution is 1.98. The fraction of sp³-hybridized carbons (Fsp3) is 0.636. The van der Waals surface area contributed by atoms with Crippen LogP contribution in [0.5, 0.6) is 0 Å². The molecule has 0 saturated carbocycles. The number of allylic oxidation sites excluding steroid dienone is 4. The predicted octanol–water partition coefficient (Wildman–Crippen LogP) is 4.09. The first-order chi connectivity index (χ1) is 5.41. The van der Waals surface area contributed by atoms with E-state index in [-0.39, 0.29) is 0 Å². The molecule has 0 fully saturated rings. The molecule has 0 unspecified atom stereocenters. The van der Waals surface area contributed by atoms with Crippen molar-refractivity contribution < 1.29 is 0 Å². The fourth-order valence-electron chi connectivity index (χ4n) is 0.917. The highest BCUT2D eigenvalue weighted by Gasteiger charge is 1.77. The lowest BCUT2D eigenvalue weighted by molar-refractivity contribution is 0.811. The zero-order valence-electron chi connectivity index (χ0n) is 7.84. The molecule has 0 heterocycles. The van der Waals surface area contributed by atoms with E-state index in [0.29, 0.717) is 0 Å². The Hall–Kier alpha value is -0.520. The molecule has 11 heavy (non-hydrogen) atoms. The molecule has 64 valence electrons. The first kappa shape index (κ1) is 10.5. The second-order valence-electron chi connectivity index (χ2n) is 2.76. The second kappa shape index (κ2) is 9.48. The molecule has 0 aliphatic carbocycles. The minimum absolute atomic E-state index is 1.19. The molecule has 0 N–H and O–H groups in total. The first-order valence-electron chi connectivity index (χ1n) is 4.68. The molecule has 0 bridgehead atoms.